The lowest BCUT2D eigenvalue weighted by molar-refractivity contribution is -0.128. The van der Waals surface area contributed by atoms with Crippen molar-refractivity contribution < 1.29 is 13.9 Å². The Balaban J connectivity index is 1.48. The first-order chi connectivity index (χ1) is 13.5. The van der Waals surface area contributed by atoms with Crippen LogP contribution in [-0.4, -0.2) is 33.8 Å². The molecule has 28 heavy (non-hydrogen) atoms. The van der Waals surface area contributed by atoms with E-state index in [4.69, 9.17) is 20.8 Å². The Labute approximate surface area is 172 Å². The molecule has 0 spiro atoms. The lowest BCUT2D eigenvalue weighted by Gasteiger charge is -2.25. The number of carbonyl (C=O) groups is 1. The highest BCUT2D eigenvalue weighted by atomic mass is 35.5. The zero-order valence-corrected chi connectivity index (χ0v) is 17.1. The molecule has 0 aliphatic rings. The summed E-state index contributed by atoms with van der Waals surface area (Å²) in [6.45, 7) is 2.14. The summed E-state index contributed by atoms with van der Waals surface area (Å²) in [7, 11) is 1.79. The highest BCUT2D eigenvalue weighted by molar-refractivity contribution is 7.99. The largest absolute Gasteiger partial charge is 0.484 e. The molecular weight excluding hydrogens is 398 g/mol. The van der Waals surface area contributed by atoms with Crippen molar-refractivity contribution in [1.29, 1.82) is 0 Å². The number of amides is 1. The van der Waals surface area contributed by atoms with Gasteiger partial charge in [-0.3, -0.25) is 4.79 Å². The standard InChI is InChI=1S/C20H20ClN3O3S/c1-14(15-6-4-3-5-7-15)24(2)19(25)13-28-20-23-22-18(27-20)12-26-17-10-8-16(21)9-11-17/h3-11,14H,12-13H2,1-2H3. The fourth-order valence-corrected chi connectivity index (χ4v) is 3.26. The van der Waals surface area contributed by atoms with Gasteiger partial charge in [-0.1, -0.05) is 53.7 Å². The van der Waals surface area contributed by atoms with Crippen LogP contribution in [0, 0.1) is 0 Å². The minimum absolute atomic E-state index is 0.0136. The molecular formula is C20H20ClN3O3S. The molecule has 1 amide bonds. The first kappa shape index (κ1) is 20.2. The summed E-state index contributed by atoms with van der Waals surface area (Å²) in [6.07, 6.45) is 0. The molecule has 0 saturated carbocycles. The van der Waals surface area contributed by atoms with Crippen molar-refractivity contribution in [2.45, 2.75) is 24.8 Å². The van der Waals surface area contributed by atoms with E-state index in [2.05, 4.69) is 10.2 Å². The fraction of sp³-hybridized carbons (Fsp3) is 0.250. The zero-order valence-electron chi connectivity index (χ0n) is 15.5. The first-order valence-electron chi connectivity index (χ1n) is 8.67. The Morgan fingerprint density at radius 3 is 2.61 bits per heavy atom. The molecule has 0 aliphatic heterocycles. The lowest BCUT2D eigenvalue weighted by Crippen LogP contribution is -2.31. The van der Waals surface area contributed by atoms with E-state index in [0.29, 0.717) is 21.9 Å². The number of hydrogen-bond acceptors (Lipinski definition) is 6. The average Bonchev–Trinajstić information content (AvgIpc) is 3.19. The van der Waals surface area contributed by atoms with Crippen LogP contribution in [0.25, 0.3) is 0 Å². The molecule has 0 N–H and O–H groups in total. The molecule has 1 atom stereocenters. The predicted octanol–water partition coefficient (Wildman–Crippen LogP) is 4.61. The Bertz CT molecular complexity index is 903. The third-order valence-corrected chi connectivity index (χ3v) is 5.25. The topological polar surface area (TPSA) is 68.5 Å². The molecule has 146 valence electrons. The molecule has 1 aromatic heterocycles. The van der Waals surface area contributed by atoms with Crippen LogP contribution in [0.2, 0.25) is 5.02 Å². The minimum atomic E-state index is -0.0153. The number of halogens is 1. The van der Waals surface area contributed by atoms with Gasteiger partial charge < -0.3 is 14.1 Å². The van der Waals surface area contributed by atoms with Crippen molar-refractivity contribution in [1.82, 2.24) is 15.1 Å². The Morgan fingerprint density at radius 1 is 1.18 bits per heavy atom. The third kappa shape index (κ3) is 5.50. The van der Waals surface area contributed by atoms with Crippen molar-refractivity contribution >= 4 is 29.3 Å². The van der Waals surface area contributed by atoms with E-state index >= 15 is 0 Å². The SMILES string of the molecule is CC(c1ccccc1)N(C)C(=O)CSc1nnc(COc2ccc(Cl)cc2)o1. The number of carbonyl (C=O) groups excluding carboxylic acids is 1. The number of thioether (sulfide) groups is 1. The number of nitrogens with zero attached hydrogens (tertiary/aromatic N) is 3. The van der Waals surface area contributed by atoms with Crippen LogP contribution in [-0.2, 0) is 11.4 Å². The number of rotatable bonds is 8. The van der Waals surface area contributed by atoms with Crippen molar-refractivity contribution in [2.75, 3.05) is 12.8 Å². The number of aromatic nitrogens is 2. The van der Waals surface area contributed by atoms with Crippen LogP contribution >= 0.6 is 23.4 Å². The summed E-state index contributed by atoms with van der Waals surface area (Å²) in [5.74, 6) is 1.20. The van der Waals surface area contributed by atoms with Crippen LogP contribution < -0.4 is 4.74 Å². The van der Waals surface area contributed by atoms with Crippen LogP contribution in [0.5, 0.6) is 5.75 Å². The number of ether oxygens (including phenoxy) is 1. The van der Waals surface area contributed by atoms with E-state index in [9.17, 15) is 4.79 Å². The van der Waals surface area contributed by atoms with Crippen molar-refractivity contribution in [2.24, 2.45) is 0 Å². The second-order valence-electron chi connectivity index (χ2n) is 6.08. The second kappa shape index (κ2) is 9.61. The number of benzene rings is 2. The summed E-state index contributed by atoms with van der Waals surface area (Å²) in [6, 6.07) is 16.9. The normalized spacial score (nSPS) is 11.8. The predicted molar refractivity (Wildman–Crippen MR) is 108 cm³/mol. The van der Waals surface area contributed by atoms with E-state index in [1.807, 2.05) is 37.3 Å². The Kier molecular flexibility index (Phi) is 6.95. The molecule has 0 radical (unpaired) electrons. The maximum atomic E-state index is 12.5. The van der Waals surface area contributed by atoms with Gasteiger partial charge in [0.25, 0.3) is 11.1 Å². The van der Waals surface area contributed by atoms with E-state index in [1.54, 1.807) is 36.2 Å². The highest BCUT2D eigenvalue weighted by Gasteiger charge is 2.18. The zero-order chi connectivity index (χ0) is 19.9. The maximum absolute atomic E-state index is 12.5. The van der Waals surface area contributed by atoms with E-state index in [0.717, 1.165) is 5.56 Å². The van der Waals surface area contributed by atoms with E-state index in [-0.39, 0.29) is 24.3 Å². The monoisotopic (exact) mass is 417 g/mol. The first-order valence-corrected chi connectivity index (χ1v) is 10.0. The summed E-state index contributed by atoms with van der Waals surface area (Å²) >= 11 is 7.05. The molecule has 2 aromatic carbocycles. The molecule has 8 heteroatoms. The van der Waals surface area contributed by atoms with Crippen molar-refractivity contribution in [3.8, 4) is 5.75 Å². The summed E-state index contributed by atoms with van der Waals surface area (Å²) in [5.41, 5.74) is 1.09. The van der Waals surface area contributed by atoms with Crippen LogP contribution in [0.1, 0.15) is 24.4 Å². The second-order valence-corrected chi connectivity index (χ2v) is 7.45. The van der Waals surface area contributed by atoms with E-state index < -0.39 is 0 Å². The van der Waals surface area contributed by atoms with Gasteiger partial charge in [0.15, 0.2) is 6.61 Å². The van der Waals surface area contributed by atoms with Crippen LogP contribution in [0.3, 0.4) is 0 Å². The average molecular weight is 418 g/mol. The Morgan fingerprint density at radius 2 is 1.89 bits per heavy atom. The summed E-state index contributed by atoms with van der Waals surface area (Å²) < 4.78 is 11.1. The summed E-state index contributed by atoms with van der Waals surface area (Å²) in [5, 5.41) is 8.87. The van der Waals surface area contributed by atoms with Gasteiger partial charge in [-0.05, 0) is 36.8 Å². The molecule has 3 aromatic rings. The van der Waals surface area contributed by atoms with Gasteiger partial charge in [-0.15, -0.1) is 10.2 Å². The highest BCUT2D eigenvalue weighted by Crippen LogP contribution is 2.22. The van der Waals surface area contributed by atoms with Crippen molar-refractivity contribution in [3.05, 3.63) is 71.1 Å². The van der Waals surface area contributed by atoms with Gasteiger partial charge in [0.2, 0.25) is 5.91 Å². The van der Waals surface area contributed by atoms with Gasteiger partial charge in [0.05, 0.1) is 11.8 Å². The molecule has 0 saturated heterocycles. The lowest BCUT2D eigenvalue weighted by atomic mass is 10.1. The molecule has 0 fully saturated rings. The van der Waals surface area contributed by atoms with Crippen LogP contribution in [0.15, 0.2) is 64.2 Å². The molecule has 0 aliphatic carbocycles. The smallest absolute Gasteiger partial charge is 0.277 e. The quantitative estimate of drug-likeness (QED) is 0.498. The number of hydrogen-bond donors (Lipinski definition) is 0. The van der Waals surface area contributed by atoms with Gasteiger partial charge in [0, 0.05) is 12.1 Å². The van der Waals surface area contributed by atoms with Gasteiger partial charge >= 0.3 is 0 Å². The van der Waals surface area contributed by atoms with E-state index in [1.165, 1.54) is 11.8 Å². The van der Waals surface area contributed by atoms with Crippen LogP contribution in [0.4, 0.5) is 0 Å². The van der Waals surface area contributed by atoms with Gasteiger partial charge in [-0.2, -0.15) is 0 Å². The van der Waals surface area contributed by atoms with Gasteiger partial charge in [0.1, 0.15) is 5.75 Å². The fourth-order valence-electron chi connectivity index (χ4n) is 2.43. The third-order valence-electron chi connectivity index (χ3n) is 4.20. The molecule has 3 rings (SSSR count). The molecule has 6 nitrogen and oxygen atoms in total. The summed E-state index contributed by atoms with van der Waals surface area (Å²) in [4.78, 5) is 14.2. The maximum Gasteiger partial charge on any atom is 0.277 e. The Hall–Kier alpha value is -2.51. The molecule has 1 heterocycles. The molecule has 1 unspecified atom stereocenters. The molecule has 0 bridgehead atoms. The van der Waals surface area contributed by atoms with Gasteiger partial charge in [-0.25, -0.2) is 0 Å². The minimum Gasteiger partial charge on any atom is -0.484 e. The van der Waals surface area contributed by atoms with Crippen molar-refractivity contribution in [3.63, 3.8) is 0 Å².